The van der Waals surface area contributed by atoms with Gasteiger partial charge < -0.3 is 10.0 Å². The van der Waals surface area contributed by atoms with Crippen LogP contribution in [0.4, 0.5) is 0 Å². The predicted molar refractivity (Wildman–Crippen MR) is 41.7 cm³/mol. The molecule has 2 nitrogen and oxygen atoms in total. The van der Waals surface area contributed by atoms with Crippen LogP contribution < -0.4 is 0 Å². The molecule has 0 aromatic carbocycles. The molecule has 0 saturated heterocycles. The highest BCUT2D eigenvalue weighted by atomic mass is 16.3. The Morgan fingerprint density at radius 2 is 2.30 bits per heavy atom. The standard InChI is InChI=1S/C8H13NO/c1-6(2)9-5-8(10)4-7(9)3/h4,6,10H,3,5H2,1-2H3. The maximum Gasteiger partial charge on any atom is 0.114 e. The fraction of sp³-hybridized carbons (Fsp3) is 0.500. The molecule has 1 N–H and O–H groups in total. The lowest BCUT2D eigenvalue weighted by Gasteiger charge is -2.23. The maximum absolute atomic E-state index is 9.08. The van der Waals surface area contributed by atoms with Crippen molar-refractivity contribution in [2.24, 2.45) is 0 Å². The Bertz CT molecular complexity index is 182. The van der Waals surface area contributed by atoms with Crippen molar-refractivity contribution < 1.29 is 5.11 Å². The Balaban J connectivity index is 2.64. The van der Waals surface area contributed by atoms with Gasteiger partial charge in [0, 0.05) is 17.8 Å². The number of nitrogens with zero attached hydrogens (tertiary/aromatic N) is 1. The summed E-state index contributed by atoms with van der Waals surface area (Å²) in [5.74, 6) is 0.415. The van der Waals surface area contributed by atoms with Gasteiger partial charge in [-0.3, -0.25) is 0 Å². The second kappa shape index (κ2) is 2.37. The van der Waals surface area contributed by atoms with Gasteiger partial charge in [0.05, 0.1) is 6.54 Å². The van der Waals surface area contributed by atoms with Crippen LogP contribution in [0.25, 0.3) is 0 Å². The molecular weight excluding hydrogens is 126 g/mol. The van der Waals surface area contributed by atoms with Crippen molar-refractivity contribution in [2.45, 2.75) is 19.9 Å². The lowest BCUT2D eigenvalue weighted by atomic mass is 10.3. The van der Waals surface area contributed by atoms with E-state index in [1.54, 1.807) is 6.08 Å². The summed E-state index contributed by atoms with van der Waals surface area (Å²) >= 11 is 0. The molecule has 0 atom stereocenters. The van der Waals surface area contributed by atoms with Crippen LogP contribution in [-0.4, -0.2) is 22.6 Å². The van der Waals surface area contributed by atoms with Crippen LogP contribution in [0.1, 0.15) is 13.8 Å². The zero-order valence-corrected chi connectivity index (χ0v) is 6.46. The van der Waals surface area contributed by atoms with Crippen LogP contribution in [0.3, 0.4) is 0 Å². The Kier molecular flexibility index (Phi) is 1.70. The van der Waals surface area contributed by atoms with Gasteiger partial charge in [-0.1, -0.05) is 6.58 Å². The predicted octanol–water partition coefficient (Wildman–Crippen LogP) is 1.67. The van der Waals surface area contributed by atoms with E-state index in [4.69, 9.17) is 5.11 Å². The summed E-state index contributed by atoms with van der Waals surface area (Å²) in [5, 5.41) is 9.08. The molecule has 0 amide bonds. The molecule has 1 aliphatic heterocycles. The Morgan fingerprint density at radius 1 is 1.70 bits per heavy atom. The fourth-order valence-corrected chi connectivity index (χ4v) is 1.11. The van der Waals surface area contributed by atoms with Crippen LogP contribution in [0.2, 0.25) is 0 Å². The Hall–Kier alpha value is -0.920. The molecule has 2 heteroatoms. The minimum atomic E-state index is 0.415. The average molecular weight is 139 g/mol. The smallest absolute Gasteiger partial charge is 0.114 e. The highest BCUT2D eigenvalue weighted by Gasteiger charge is 2.17. The molecule has 0 saturated carbocycles. The highest BCUT2D eigenvalue weighted by molar-refractivity contribution is 5.24. The number of aliphatic hydroxyl groups excluding tert-OH is 1. The van der Waals surface area contributed by atoms with Gasteiger partial charge in [-0.15, -0.1) is 0 Å². The number of hydrogen-bond donors (Lipinski definition) is 1. The molecule has 56 valence electrons. The summed E-state index contributed by atoms with van der Waals surface area (Å²) in [6, 6.07) is 0.424. The first-order chi connectivity index (χ1) is 4.61. The van der Waals surface area contributed by atoms with Gasteiger partial charge in [0.1, 0.15) is 5.76 Å². The molecule has 0 spiro atoms. The SMILES string of the molecule is C=C1C=C(O)CN1C(C)C. The summed E-state index contributed by atoms with van der Waals surface area (Å²) < 4.78 is 0. The third kappa shape index (κ3) is 1.15. The molecule has 0 radical (unpaired) electrons. The molecule has 0 aromatic heterocycles. The van der Waals surface area contributed by atoms with Crippen molar-refractivity contribution in [3.8, 4) is 0 Å². The minimum Gasteiger partial charge on any atom is -0.510 e. The van der Waals surface area contributed by atoms with Gasteiger partial charge in [-0.05, 0) is 13.8 Å². The van der Waals surface area contributed by atoms with Gasteiger partial charge in [-0.2, -0.15) is 0 Å². The second-order valence-electron chi connectivity index (χ2n) is 2.85. The van der Waals surface area contributed by atoms with E-state index in [0.29, 0.717) is 18.3 Å². The first kappa shape index (κ1) is 7.19. The summed E-state index contributed by atoms with van der Waals surface area (Å²) in [6.45, 7) is 8.58. The molecule has 0 unspecified atom stereocenters. The summed E-state index contributed by atoms with van der Waals surface area (Å²) in [7, 11) is 0. The van der Waals surface area contributed by atoms with E-state index in [1.165, 1.54) is 0 Å². The minimum absolute atomic E-state index is 0.415. The molecule has 0 fully saturated rings. The average Bonchev–Trinajstić information content (AvgIpc) is 2.10. The third-order valence-electron chi connectivity index (χ3n) is 1.66. The van der Waals surface area contributed by atoms with Crippen molar-refractivity contribution in [3.05, 3.63) is 24.1 Å². The Morgan fingerprint density at radius 3 is 2.50 bits per heavy atom. The number of rotatable bonds is 1. The van der Waals surface area contributed by atoms with Crippen molar-refractivity contribution in [2.75, 3.05) is 6.54 Å². The van der Waals surface area contributed by atoms with E-state index < -0.39 is 0 Å². The zero-order valence-electron chi connectivity index (χ0n) is 6.46. The van der Waals surface area contributed by atoms with Crippen LogP contribution in [0.15, 0.2) is 24.1 Å². The monoisotopic (exact) mass is 139 g/mol. The summed E-state index contributed by atoms with van der Waals surface area (Å²) in [5.41, 5.74) is 0.910. The van der Waals surface area contributed by atoms with E-state index in [2.05, 4.69) is 25.3 Å². The summed E-state index contributed by atoms with van der Waals surface area (Å²) in [6.07, 6.45) is 1.71. The molecule has 10 heavy (non-hydrogen) atoms. The third-order valence-corrected chi connectivity index (χ3v) is 1.66. The first-order valence-corrected chi connectivity index (χ1v) is 3.46. The topological polar surface area (TPSA) is 23.5 Å². The molecule has 0 aliphatic carbocycles. The normalized spacial score (nSPS) is 18.5. The number of allylic oxidation sites excluding steroid dienone is 1. The number of hydrogen-bond acceptors (Lipinski definition) is 2. The van der Waals surface area contributed by atoms with Crippen molar-refractivity contribution in [1.82, 2.24) is 4.90 Å². The van der Waals surface area contributed by atoms with Crippen molar-refractivity contribution in [1.29, 1.82) is 0 Å². The molecule has 0 aromatic rings. The van der Waals surface area contributed by atoms with Crippen molar-refractivity contribution in [3.63, 3.8) is 0 Å². The van der Waals surface area contributed by atoms with E-state index in [1.807, 2.05) is 0 Å². The lowest BCUT2D eigenvalue weighted by molar-refractivity contribution is 0.288. The highest BCUT2D eigenvalue weighted by Crippen LogP contribution is 2.18. The zero-order chi connectivity index (χ0) is 7.72. The van der Waals surface area contributed by atoms with Crippen LogP contribution in [0, 0.1) is 0 Å². The van der Waals surface area contributed by atoms with Crippen molar-refractivity contribution >= 4 is 0 Å². The summed E-state index contributed by atoms with van der Waals surface area (Å²) in [4.78, 5) is 2.05. The molecule has 1 aliphatic rings. The van der Waals surface area contributed by atoms with Gasteiger partial charge in [0.2, 0.25) is 0 Å². The van der Waals surface area contributed by atoms with Crippen LogP contribution >= 0.6 is 0 Å². The maximum atomic E-state index is 9.08. The van der Waals surface area contributed by atoms with Gasteiger partial charge in [0.15, 0.2) is 0 Å². The van der Waals surface area contributed by atoms with E-state index in [-0.39, 0.29) is 0 Å². The lowest BCUT2D eigenvalue weighted by Crippen LogP contribution is -2.26. The fourth-order valence-electron chi connectivity index (χ4n) is 1.11. The molecule has 1 rings (SSSR count). The van der Waals surface area contributed by atoms with E-state index >= 15 is 0 Å². The molecule has 1 heterocycles. The van der Waals surface area contributed by atoms with Crippen LogP contribution in [-0.2, 0) is 0 Å². The molecule has 0 bridgehead atoms. The quantitative estimate of drug-likeness (QED) is 0.597. The van der Waals surface area contributed by atoms with Crippen LogP contribution in [0.5, 0.6) is 0 Å². The molecular formula is C8H13NO. The van der Waals surface area contributed by atoms with E-state index in [0.717, 1.165) is 5.70 Å². The van der Waals surface area contributed by atoms with Gasteiger partial charge >= 0.3 is 0 Å². The van der Waals surface area contributed by atoms with Gasteiger partial charge in [0.25, 0.3) is 0 Å². The Labute approximate surface area is 61.5 Å². The second-order valence-corrected chi connectivity index (χ2v) is 2.85. The van der Waals surface area contributed by atoms with Gasteiger partial charge in [-0.25, -0.2) is 0 Å². The van der Waals surface area contributed by atoms with E-state index in [9.17, 15) is 0 Å². The largest absolute Gasteiger partial charge is 0.510 e. The number of aliphatic hydroxyl groups is 1. The first-order valence-electron chi connectivity index (χ1n) is 3.46.